The zero-order valence-corrected chi connectivity index (χ0v) is 22.8. The molecule has 3 nitrogen and oxygen atoms in total. The molecule has 2 heterocycles. The second kappa shape index (κ2) is 10.8. The number of aliphatic hydroxyl groups is 1. The van der Waals surface area contributed by atoms with Gasteiger partial charge in [-0.2, -0.15) is 0 Å². The largest absolute Gasteiger partial charge is 0.387 e. The molecule has 0 saturated carbocycles. The van der Waals surface area contributed by atoms with Crippen LogP contribution in [-0.2, 0) is 5.54 Å². The average Bonchev–Trinajstić information content (AvgIpc) is 2.99. The summed E-state index contributed by atoms with van der Waals surface area (Å²) < 4.78 is 0.744. The molecule has 1 N–H and O–H groups in total. The number of fused-ring (bicyclic) bond motifs is 1. The minimum absolute atomic E-state index is 0.0953. The number of pyridine rings is 1. The first-order valence-electron chi connectivity index (χ1n) is 13.4. The van der Waals surface area contributed by atoms with Crippen LogP contribution in [0.1, 0.15) is 47.6 Å². The van der Waals surface area contributed by atoms with E-state index in [4.69, 9.17) is 0 Å². The van der Waals surface area contributed by atoms with Gasteiger partial charge in [-0.3, -0.25) is 4.90 Å². The molecule has 0 aliphatic carbocycles. The lowest BCUT2D eigenvalue weighted by atomic mass is 9.73. The average molecular weight is 564 g/mol. The molecule has 190 valence electrons. The van der Waals surface area contributed by atoms with E-state index >= 15 is 0 Å². The van der Waals surface area contributed by atoms with Crippen LogP contribution in [0.3, 0.4) is 0 Å². The van der Waals surface area contributed by atoms with E-state index in [2.05, 4.69) is 123 Å². The van der Waals surface area contributed by atoms with Gasteiger partial charge in [0.2, 0.25) is 0 Å². The number of benzene rings is 4. The summed E-state index contributed by atoms with van der Waals surface area (Å²) in [5.74, 6) is 0. The van der Waals surface area contributed by atoms with Gasteiger partial charge in [0.05, 0.1) is 17.2 Å². The van der Waals surface area contributed by atoms with Crippen molar-refractivity contribution in [2.75, 3.05) is 6.54 Å². The number of hydrogen-bond acceptors (Lipinski definition) is 3. The van der Waals surface area contributed by atoms with Gasteiger partial charge in [0, 0.05) is 18.0 Å². The second-order valence-corrected chi connectivity index (χ2v) is 10.9. The van der Waals surface area contributed by atoms with Gasteiger partial charge in [-0.25, -0.2) is 4.98 Å². The maximum Gasteiger partial charge on any atom is 0.107 e. The van der Waals surface area contributed by atoms with Gasteiger partial charge in [0.15, 0.2) is 0 Å². The van der Waals surface area contributed by atoms with E-state index in [0.29, 0.717) is 0 Å². The van der Waals surface area contributed by atoms with Crippen LogP contribution in [0.4, 0.5) is 0 Å². The number of piperidine rings is 1. The Hall–Kier alpha value is -3.31. The normalized spacial score (nSPS) is 17.4. The molecule has 4 heteroatoms. The van der Waals surface area contributed by atoms with Gasteiger partial charge < -0.3 is 5.11 Å². The van der Waals surface area contributed by atoms with Crippen molar-refractivity contribution < 1.29 is 5.11 Å². The summed E-state index contributed by atoms with van der Waals surface area (Å²) in [7, 11) is 0. The number of nitrogens with zero attached hydrogens (tertiary/aromatic N) is 2. The molecule has 1 aliphatic rings. The summed E-state index contributed by atoms with van der Waals surface area (Å²) in [4.78, 5) is 7.24. The summed E-state index contributed by atoms with van der Waals surface area (Å²) in [6, 6.07) is 42.4. The van der Waals surface area contributed by atoms with Crippen LogP contribution in [0.15, 0.2) is 126 Å². The highest BCUT2D eigenvalue weighted by molar-refractivity contribution is 9.10. The number of likely N-dealkylation sites (tertiary alicyclic amines) is 1. The summed E-state index contributed by atoms with van der Waals surface area (Å²) in [5, 5.41) is 13.3. The molecule has 1 fully saturated rings. The fraction of sp³-hybridized carbons (Fsp3) is 0.206. The summed E-state index contributed by atoms with van der Waals surface area (Å²) in [5.41, 5.74) is 4.86. The van der Waals surface area contributed by atoms with Gasteiger partial charge in [-0.15, -0.1) is 0 Å². The van der Waals surface area contributed by atoms with Gasteiger partial charge in [0.25, 0.3) is 0 Å². The molecule has 1 aliphatic heterocycles. The number of aliphatic hydroxyl groups excluding tert-OH is 1. The molecule has 0 radical (unpaired) electrons. The van der Waals surface area contributed by atoms with E-state index < -0.39 is 11.6 Å². The van der Waals surface area contributed by atoms with E-state index in [0.717, 1.165) is 46.9 Å². The molecule has 1 aromatic heterocycles. The van der Waals surface area contributed by atoms with Crippen molar-refractivity contribution >= 4 is 26.8 Å². The number of hydrogen-bond donors (Lipinski definition) is 1. The molecule has 0 bridgehead atoms. The number of aromatic nitrogens is 1. The molecule has 1 unspecified atom stereocenters. The Morgan fingerprint density at radius 3 is 1.84 bits per heavy atom. The summed E-state index contributed by atoms with van der Waals surface area (Å²) in [6.45, 7) is 0.880. The molecule has 38 heavy (non-hydrogen) atoms. The van der Waals surface area contributed by atoms with E-state index in [-0.39, 0.29) is 6.04 Å². The lowest BCUT2D eigenvalue weighted by molar-refractivity contribution is -0.0169. The number of halogens is 1. The van der Waals surface area contributed by atoms with Crippen LogP contribution in [0.5, 0.6) is 0 Å². The molecular formula is C34H31BrN2O. The lowest BCUT2D eigenvalue weighted by Gasteiger charge is -2.52. The second-order valence-electron chi connectivity index (χ2n) is 10.1. The predicted octanol–water partition coefficient (Wildman–Crippen LogP) is 7.88. The minimum Gasteiger partial charge on any atom is -0.387 e. The Bertz CT molecular complexity index is 1410. The topological polar surface area (TPSA) is 36.4 Å². The molecule has 4 aromatic carbocycles. The van der Waals surface area contributed by atoms with Crippen molar-refractivity contribution in [2.24, 2.45) is 0 Å². The zero-order chi connectivity index (χ0) is 26.0. The van der Waals surface area contributed by atoms with Gasteiger partial charge in [-0.1, -0.05) is 116 Å². The minimum atomic E-state index is -0.685. The van der Waals surface area contributed by atoms with Crippen molar-refractivity contribution in [3.05, 3.63) is 148 Å². The third kappa shape index (κ3) is 4.37. The highest BCUT2D eigenvalue weighted by atomic mass is 79.9. The van der Waals surface area contributed by atoms with Crippen molar-refractivity contribution in [3.63, 3.8) is 0 Å². The van der Waals surface area contributed by atoms with Crippen LogP contribution < -0.4 is 0 Å². The molecule has 5 aromatic rings. The third-order valence-electron chi connectivity index (χ3n) is 7.95. The fourth-order valence-electron chi connectivity index (χ4n) is 6.36. The monoisotopic (exact) mass is 562 g/mol. The van der Waals surface area contributed by atoms with Crippen LogP contribution >= 0.6 is 15.9 Å². The van der Waals surface area contributed by atoms with Crippen LogP contribution in [0.2, 0.25) is 0 Å². The molecule has 0 amide bonds. The predicted molar refractivity (Wildman–Crippen MR) is 158 cm³/mol. The van der Waals surface area contributed by atoms with Crippen molar-refractivity contribution in [2.45, 2.75) is 36.9 Å². The smallest absolute Gasteiger partial charge is 0.107 e. The number of para-hydroxylation sites is 1. The van der Waals surface area contributed by atoms with Gasteiger partial charge in [-0.05, 0) is 63.2 Å². The molecule has 6 rings (SSSR count). The standard InChI is InChI=1S/C34H31BrN2O/c35-32-24-29(28-20-10-11-21-30(28)36-32)33(38)31-22-12-13-23-37(31)34(25-14-4-1-5-15-25,26-16-6-2-7-17-26)27-18-8-3-9-19-27/h1-11,14-21,24,31,33,38H,12-13,22-23H2/t31?,33-/m0/s1. The molecular weight excluding hydrogens is 532 g/mol. The summed E-state index contributed by atoms with van der Waals surface area (Å²) in [6.07, 6.45) is 2.38. The SMILES string of the molecule is O[C@@H](c1cc(Br)nc2ccccc12)C1CCCCN1C(c1ccccc1)(c1ccccc1)c1ccccc1. The van der Waals surface area contributed by atoms with Crippen LogP contribution in [0, 0.1) is 0 Å². The van der Waals surface area contributed by atoms with Crippen molar-refractivity contribution in [3.8, 4) is 0 Å². The maximum absolute atomic E-state index is 12.3. The Morgan fingerprint density at radius 1 is 0.737 bits per heavy atom. The Labute approximate surface area is 232 Å². The fourth-order valence-corrected chi connectivity index (χ4v) is 6.80. The van der Waals surface area contributed by atoms with E-state index in [9.17, 15) is 5.11 Å². The van der Waals surface area contributed by atoms with Crippen LogP contribution in [-0.4, -0.2) is 27.6 Å². The van der Waals surface area contributed by atoms with Crippen molar-refractivity contribution in [1.29, 1.82) is 0 Å². The highest BCUT2D eigenvalue weighted by Gasteiger charge is 2.47. The maximum atomic E-state index is 12.3. The third-order valence-corrected chi connectivity index (χ3v) is 8.36. The first-order chi connectivity index (χ1) is 18.7. The highest BCUT2D eigenvalue weighted by Crippen LogP contribution is 2.47. The van der Waals surface area contributed by atoms with Gasteiger partial charge in [0.1, 0.15) is 4.60 Å². The van der Waals surface area contributed by atoms with Crippen molar-refractivity contribution in [1.82, 2.24) is 9.88 Å². The zero-order valence-electron chi connectivity index (χ0n) is 21.2. The number of rotatable bonds is 6. The lowest BCUT2D eigenvalue weighted by Crippen LogP contribution is -2.56. The molecule has 1 saturated heterocycles. The van der Waals surface area contributed by atoms with E-state index in [1.54, 1.807) is 0 Å². The Morgan fingerprint density at radius 2 is 1.26 bits per heavy atom. The van der Waals surface area contributed by atoms with Gasteiger partial charge >= 0.3 is 0 Å². The Kier molecular flexibility index (Phi) is 7.12. The quantitative estimate of drug-likeness (QED) is 0.169. The van der Waals surface area contributed by atoms with E-state index in [1.807, 2.05) is 24.3 Å². The molecule has 2 atom stereocenters. The first kappa shape index (κ1) is 25.0. The van der Waals surface area contributed by atoms with Crippen LogP contribution in [0.25, 0.3) is 10.9 Å². The first-order valence-corrected chi connectivity index (χ1v) is 14.2. The van der Waals surface area contributed by atoms with E-state index in [1.165, 1.54) is 16.7 Å². The Balaban J connectivity index is 1.59. The molecule has 0 spiro atoms. The summed E-state index contributed by atoms with van der Waals surface area (Å²) >= 11 is 3.60.